The van der Waals surface area contributed by atoms with Crippen molar-refractivity contribution in [2.45, 2.75) is 6.42 Å². The van der Waals surface area contributed by atoms with E-state index >= 15 is 0 Å². The van der Waals surface area contributed by atoms with Crippen molar-refractivity contribution in [1.82, 2.24) is 9.97 Å². The molecule has 0 radical (unpaired) electrons. The lowest BCUT2D eigenvalue weighted by Gasteiger charge is -2.02. The van der Waals surface area contributed by atoms with Gasteiger partial charge in [0.2, 0.25) is 0 Å². The zero-order valence-corrected chi connectivity index (χ0v) is 14.1. The summed E-state index contributed by atoms with van der Waals surface area (Å²) >= 11 is 13.5. The highest BCUT2D eigenvalue weighted by molar-refractivity contribution is 7.15. The number of aromatic nitrogens is 2. The Bertz CT molecular complexity index is 836. The Morgan fingerprint density at radius 1 is 1.17 bits per heavy atom. The van der Waals surface area contributed by atoms with Gasteiger partial charge >= 0.3 is 0 Å². The van der Waals surface area contributed by atoms with Crippen LogP contribution >= 0.6 is 34.5 Å². The van der Waals surface area contributed by atoms with Crippen LogP contribution in [0.4, 0.5) is 5.13 Å². The summed E-state index contributed by atoms with van der Waals surface area (Å²) < 4.78 is 0. The van der Waals surface area contributed by atoms with Crippen LogP contribution in [0, 0.1) is 0 Å². The number of thiazole rings is 1. The van der Waals surface area contributed by atoms with Crippen LogP contribution in [0.15, 0.2) is 48.8 Å². The maximum absolute atomic E-state index is 12.0. The van der Waals surface area contributed by atoms with E-state index in [0.29, 0.717) is 27.3 Å². The molecule has 3 rings (SSSR count). The summed E-state index contributed by atoms with van der Waals surface area (Å²) in [5.41, 5.74) is 1.27. The van der Waals surface area contributed by atoms with E-state index in [1.165, 1.54) is 11.3 Å². The van der Waals surface area contributed by atoms with E-state index < -0.39 is 0 Å². The first-order valence-corrected chi connectivity index (χ1v) is 8.30. The molecule has 3 aromatic rings. The number of carbonyl (C=O) groups is 1. The minimum Gasteiger partial charge on any atom is -0.296 e. The molecular weight excluding hydrogens is 353 g/mol. The molecule has 0 bridgehead atoms. The molecule has 0 saturated heterocycles. The van der Waals surface area contributed by atoms with Crippen molar-refractivity contribution in [1.29, 1.82) is 0 Å². The van der Waals surface area contributed by atoms with E-state index in [1.54, 1.807) is 42.7 Å². The lowest BCUT2D eigenvalue weighted by Crippen LogP contribution is -2.12. The van der Waals surface area contributed by atoms with Crippen molar-refractivity contribution in [2.24, 2.45) is 0 Å². The quantitative estimate of drug-likeness (QED) is 0.731. The highest BCUT2D eigenvalue weighted by atomic mass is 35.5. The van der Waals surface area contributed by atoms with E-state index in [9.17, 15) is 4.79 Å². The second kappa shape index (κ2) is 7.08. The van der Waals surface area contributed by atoms with Crippen LogP contribution in [0.1, 0.15) is 20.9 Å². The first-order valence-electron chi connectivity index (χ1n) is 6.73. The summed E-state index contributed by atoms with van der Waals surface area (Å²) in [4.78, 5) is 21.2. The van der Waals surface area contributed by atoms with E-state index in [4.69, 9.17) is 23.2 Å². The summed E-state index contributed by atoms with van der Waals surface area (Å²) in [7, 11) is 0. The molecule has 23 heavy (non-hydrogen) atoms. The zero-order chi connectivity index (χ0) is 16.2. The largest absolute Gasteiger partial charge is 0.296 e. The summed E-state index contributed by atoms with van der Waals surface area (Å²) in [6, 6.07) is 10.5. The molecule has 0 fully saturated rings. The number of benzene rings is 1. The van der Waals surface area contributed by atoms with Crippen molar-refractivity contribution < 1.29 is 4.79 Å². The molecule has 2 aromatic heterocycles. The molecule has 1 amide bonds. The average Bonchev–Trinajstić information content (AvgIpc) is 2.99. The van der Waals surface area contributed by atoms with Gasteiger partial charge in [-0.15, -0.1) is 11.3 Å². The third-order valence-electron chi connectivity index (χ3n) is 3.04. The van der Waals surface area contributed by atoms with Crippen LogP contribution in [0.2, 0.25) is 10.0 Å². The summed E-state index contributed by atoms with van der Waals surface area (Å²) in [5, 5.41) is 4.55. The van der Waals surface area contributed by atoms with Crippen LogP contribution in [-0.2, 0) is 6.42 Å². The second-order valence-corrected chi connectivity index (χ2v) is 6.67. The van der Waals surface area contributed by atoms with Crippen LogP contribution in [-0.4, -0.2) is 15.9 Å². The van der Waals surface area contributed by atoms with Crippen LogP contribution in [0.25, 0.3) is 0 Å². The van der Waals surface area contributed by atoms with Crippen molar-refractivity contribution in [2.75, 3.05) is 5.32 Å². The number of nitrogens with one attached hydrogen (secondary N) is 1. The van der Waals surface area contributed by atoms with E-state index in [-0.39, 0.29) is 5.91 Å². The molecule has 0 spiro atoms. The number of pyridine rings is 1. The van der Waals surface area contributed by atoms with Gasteiger partial charge in [0.15, 0.2) is 5.13 Å². The fourth-order valence-corrected chi connectivity index (χ4v) is 3.18. The van der Waals surface area contributed by atoms with Gasteiger partial charge in [-0.05, 0) is 35.9 Å². The fraction of sp³-hybridized carbons (Fsp3) is 0.0625. The Hall–Kier alpha value is -1.95. The van der Waals surface area contributed by atoms with E-state index in [1.807, 2.05) is 6.07 Å². The highest BCUT2D eigenvalue weighted by Gasteiger charge is 2.11. The molecule has 2 heterocycles. The Balaban J connectivity index is 1.71. The van der Waals surface area contributed by atoms with Crippen LogP contribution < -0.4 is 5.32 Å². The van der Waals surface area contributed by atoms with Crippen molar-refractivity contribution in [3.05, 3.63) is 75.0 Å². The van der Waals surface area contributed by atoms with Gasteiger partial charge in [-0.3, -0.25) is 15.1 Å². The summed E-state index contributed by atoms with van der Waals surface area (Å²) in [6.07, 6.45) is 3.90. The van der Waals surface area contributed by atoms with Gasteiger partial charge in [0.05, 0.1) is 0 Å². The molecule has 0 aliphatic heterocycles. The number of hydrogen-bond acceptors (Lipinski definition) is 4. The molecule has 0 aliphatic rings. The van der Waals surface area contributed by atoms with Gasteiger partial charge in [0.1, 0.15) is 5.69 Å². The van der Waals surface area contributed by atoms with Gasteiger partial charge < -0.3 is 0 Å². The van der Waals surface area contributed by atoms with Gasteiger partial charge in [-0.25, -0.2) is 4.98 Å². The SMILES string of the molecule is O=C(Nc1ncc(Cc2cc(Cl)ccc2Cl)s1)c1ccccn1. The number of hydrogen-bond donors (Lipinski definition) is 1. The van der Waals surface area contributed by atoms with Crippen LogP contribution in [0.3, 0.4) is 0 Å². The maximum atomic E-state index is 12.0. The Morgan fingerprint density at radius 2 is 2.04 bits per heavy atom. The minimum absolute atomic E-state index is 0.285. The van der Waals surface area contributed by atoms with Gasteiger partial charge in [0, 0.05) is 33.7 Å². The van der Waals surface area contributed by atoms with E-state index in [2.05, 4.69) is 15.3 Å². The molecule has 1 aromatic carbocycles. The van der Waals surface area contributed by atoms with Crippen LogP contribution in [0.5, 0.6) is 0 Å². The summed E-state index contributed by atoms with van der Waals surface area (Å²) in [5.74, 6) is -0.285. The molecule has 4 nitrogen and oxygen atoms in total. The predicted octanol–water partition coefficient (Wildman–Crippen LogP) is 4.69. The minimum atomic E-state index is -0.285. The Labute approximate surface area is 147 Å². The molecule has 0 saturated carbocycles. The highest BCUT2D eigenvalue weighted by Crippen LogP contribution is 2.27. The topological polar surface area (TPSA) is 54.9 Å². The monoisotopic (exact) mass is 363 g/mol. The van der Waals surface area contributed by atoms with Gasteiger partial charge in [0.25, 0.3) is 5.91 Å². The van der Waals surface area contributed by atoms with Crippen molar-refractivity contribution >= 4 is 45.6 Å². The Morgan fingerprint density at radius 3 is 2.83 bits per heavy atom. The normalized spacial score (nSPS) is 10.5. The molecule has 0 unspecified atom stereocenters. The number of amides is 1. The first-order chi connectivity index (χ1) is 11.1. The molecule has 0 atom stereocenters. The fourth-order valence-electron chi connectivity index (χ4n) is 1.97. The lowest BCUT2D eigenvalue weighted by atomic mass is 10.1. The number of rotatable bonds is 4. The molecule has 7 heteroatoms. The third-order valence-corrected chi connectivity index (χ3v) is 4.56. The standard InChI is InChI=1S/C16H11Cl2N3OS/c17-11-4-5-13(18)10(7-11)8-12-9-20-16(23-12)21-15(22)14-3-1-2-6-19-14/h1-7,9H,8H2,(H,20,21,22). The second-order valence-electron chi connectivity index (χ2n) is 4.71. The third kappa shape index (κ3) is 4.07. The number of anilines is 1. The van der Waals surface area contributed by atoms with Crippen molar-refractivity contribution in [3.8, 4) is 0 Å². The average molecular weight is 364 g/mol. The lowest BCUT2D eigenvalue weighted by molar-refractivity contribution is 0.102. The smallest absolute Gasteiger partial charge is 0.276 e. The number of nitrogens with zero attached hydrogens (tertiary/aromatic N) is 2. The van der Waals surface area contributed by atoms with E-state index in [0.717, 1.165) is 10.4 Å². The predicted molar refractivity (Wildman–Crippen MR) is 93.6 cm³/mol. The van der Waals surface area contributed by atoms with Gasteiger partial charge in [-0.2, -0.15) is 0 Å². The van der Waals surface area contributed by atoms with Crippen molar-refractivity contribution in [3.63, 3.8) is 0 Å². The summed E-state index contributed by atoms with van der Waals surface area (Å²) in [6.45, 7) is 0. The molecule has 0 aliphatic carbocycles. The van der Waals surface area contributed by atoms with Gasteiger partial charge in [-0.1, -0.05) is 29.3 Å². The Kier molecular flexibility index (Phi) is 4.91. The zero-order valence-electron chi connectivity index (χ0n) is 11.8. The number of halogens is 2. The molecule has 1 N–H and O–H groups in total. The maximum Gasteiger partial charge on any atom is 0.276 e. The number of carbonyl (C=O) groups excluding carboxylic acids is 1. The molecule has 116 valence electrons. The first kappa shape index (κ1) is 15.9. The molecular formula is C16H11Cl2N3OS.